The van der Waals surface area contributed by atoms with Gasteiger partial charge in [-0.2, -0.15) is 15.0 Å². The van der Waals surface area contributed by atoms with Gasteiger partial charge in [-0.3, -0.25) is 0 Å². The first-order chi connectivity index (χ1) is 6.74. The Morgan fingerprint density at radius 1 is 1.57 bits per heavy atom. The van der Waals surface area contributed by atoms with Gasteiger partial charge in [0.15, 0.2) is 0 Å². The minimum Gasteiger partial charge on any atom is -0.303 e. The maximum Gasteiger partial charge on any atom is 0.126 e. The van der Waals surface area contributed by atoms with Gasteiger partial charge in [0.25, 0.3) is 0 Å². The minimum absolute atomic E-state index is 0.143. The molecule has 0 radical (unpaired) electrons. The molecule has 2 rings (SSSR count). The summed E-state index contributed by atoms with van der Waals surface area (Å²) in [6.07, 6.45) is 7.97. The smallest absolute Gasteiger partial charge is 0.126 e. The van der Waals surface area contributed by atoms with Crippen molar-refractivity contribution in [1.82, 2.24) is 15.0 Å². The van der Waals surface area contributed by atoms with E-state index in [1.165, 1.54) is 12.8 Å². The Balaban J connectivity index is 2.11. The lowest BCUT2D eigenvalue weighted by atomic mass is 9.83. The first-order valence-corrected chi connectivity index (χ1v) is 5.06. The molecular formula is C10H15N3O. The molecule has 76 valence electrons. The highest BCUT2D eigenvalue weighted by molar-refractivity contribution is 5.60. The third-order valence-corrected chi connectivity index (χ3v) is 3.03. The van der Waals surface area contributed by atoms with E-state index in [2.05, 4.69) is 10.2 Å². The van der Waals surface area contributed by atoms with E-state index in [0.717, 1.165) is 31.2 Å². The van der Waals surface area contributed by atoms with Gasteiger partial charge in [0.2, 0.25) is 0 Å². The number of aryl methyl sites for hydroxylation is 1. The van der Waals surface area contributed by atoms with E-state index in [1.807, 2.05) is 0 Å². The van der Waals surface area contributed by atoms with Gasteiger partial charge in [-0.15, -0.1) is 0 Å². The lowest BCUT2D eigenvalue weighted by Crippen LogP contribution is -2.21. The first-order valence-electron chi connectivity index (χ1n) is 5.06. The molecule has 1 aliphatic rings. The zero-order chi connectivity index (χ0) is 10.0. The van der Waals surface area contributed by atoms with Gasteiger partial charge in [0.1, 0.15) is 6.29 Å². The second-order valence-electron chi connectivity index (χ2n) is 4.19. The van der Waals surface area contributed by atoms with Crippen molar-refractivity contribution in [2.45, 2.75) is 32.1 Å². The third kappa shape index (κ3) is 1.69. The standard InChI is InChI=1S/C10H15N3O/c1-13-11-7-9(12-13)6-10(8-14)4-2-3-5-10/h7-8H,2-6H2,1H3. The molecule has 0 atom stereocenters. The van der Waals surface area contributed by atoms with Crippen molar-refractivity contribution in [2.75, 3.05) is 0 Å². The van der Waals surface area contributed by atoms with Crippen molar-refractivity contribution in [1.29, 1.82) is 0 Å². The van der Waals surface area contributed by atoms with Crippen LogP contribution < -0.4 is 0 Å². The van der Waals surface area contributed by atoms with E-state index in [4.69, 9.17) is 0 Å². The van der Waals surface area contributed by atoms with Crippen LogP contribution in [0.2, 0.25) is 0 Å². The van der Waals surface area contributed by atoms with Crippen molar-refractivity contribution in [2.24, 2.45) is 12.5 Å². The van der Waals surface area contributed by atoms with Crippen LogP contribution in [0, 0.1) is 5.41 Å². The Morgan fingerprint density at radius 3 is 2.79 bits per heavy atom. The van der Waals surface area contributed by atoms with Crippen LogP contribution in [0.25, 0.3) is 0 Å². The molecule has 1 aromatic rings. The number of rotatable bonds is 3. The minimum atomic E-state index is -0.143. The van der Waals surface area contributed by atoms with Crippen molar-refractivity contribution in [3.05, 3.63) is 11.9 Å². The topological polar surface area (TPSA) is 47.8 Å². The first kappa shape index (κ1) is 9.37. The summed E-state index contributed by atoms with van der Waals surface area (Å²) in [4.78, 5) is 12.6. The van der Waals surface area contributed by atoms with E-state index in [-0.39, 0.29) is 5.41 Å². The maximum absolute atomic E-state index is 11.1. The molecule has 0 unspecified atom stereocenters. The number of aldehydes is 1. The fourth-order valence-electron chi connectivity index (χ4n) is 2.24. The van der Waals surface area contributed by atoms with E-state index < -0.39 is 0 Å². The van der Waals surface area contributed by atoms with Crippen LogP contribution in [0.1, 0.15) is 31.4 Å². The van der Waals surface area contributed by atoms with Gasteiger partial charge in [-0.05, 0) is 12.8 Å². The molecule has 14 heavy (non-hydrogen) atoms. The number of hydrogen-bond donors (Lipinski definition) is 0. The number of nitrogens with zero attached hydrogens (tertiary/aromatic N) is 3. The number of hydrogen-bond acceptors (Lipinski definition) is 3. The molecule has 0 bridgehead atoms. The molecule has 1 heterocycles. The van der Waals surface area contributed by atoms with Crippen LogP contribution >= 0.6 is 0 Å². The normalized spacial score (nSPS) is 19.8. The van der Waals surface area contributed by atoms with Crippen LogP contribution in [0.15, 0.2) is 6.20 Å². The highest BCUT2D eigenvalue weighted by atomic mass is 16.1. The fourth-order valence-corrected chi connectivity index (χ4v) is 2.24. The Labute approximate surface area is 83.3 Å². The highest BCUT2D eigenvalue weighted by Crippen LogP contribution is 2.38. The van der Waals surface area contributed by atoms with Gasteiger partial charge in [-0.1, -0.05) is 12.8 Å². The zero-order valence-corrected chi connectivity index (χ0v) is 8.44. The lowest BCUT2D eigenvalue weighted by Gasteiger charge is -2.19. The summed E-state index contributed by atoms with van der Waals surface area (Å²) >= 11 is 0. The summed E-state index contributed by atoms with van der Waals surface area (Å²) in [5.74, 6) is 0. The quantitative estimate of drug-likeness (QED) is 0.676. The molecule has 4 nitrogen and oxygen atoms in total. The van der Waals surface area contributed by atoms with Gasteiger partial charge < -0.3 is 4.79 Å². The number of aromatic nitrogens is 3. The molecular weight excluding hydrogens is 178 g/mol. The van der Waals surface area contributed by atoms with Gasteiger partial charge >= 0.3 is 0 Å². The summed E-state index contributed by atoms with van der Waals surface area (Å²) in [5.41, 5.74) is 0.789. The summed E-state index contributed by atoms with van der Waals surface area (Å²) < 4.78 is 0. The van der Waals surface area contributed by atoms with Gasteiger partial charge in [-0.25, -0.2) is 0 Å². The predicted molar refractivity (Wildman–Crippen MR) is 51.7 cm³/mol. The average Bonchev–Trinajstić information content (AvgIpc) is 2.77. The Hall–Kier alpha value is -1.19. The van der Waals surface area contributed by atoms with Crippen LogP contribution in [0.5, 0.6) is 0 Å². The number of carbonyl (C=O) groups excluding carboxylic acids is 1. The summed E-state index contributed by atoms with van der Waals surface area (Å²) in [6, 6.07) is 0. The van der Waals surface area contributed by atoms with Crippen molar-refractivity contribution in [3.63, 3.8) is 0 Å². The van der Waals surface area contributed by atoms with Crippen LogP contribution in [0.3, 0.4) is 0 Å². The Kier molecular flexibility index (Phi) is 2.35. The molecule has 1 fully saturated rings. The SMILES string of the molecule is Cn1ncc(CC2(C=O)CCCC2)n1. The molecule has 0 aliphatic heterocycles. The van der Waals surface area contributed by atoms with Crippen molar-refractivity contribution >= 4 is 6.29 Å². The fraction of sp³-hybridized carbons (Fsp3) is 0.700. The Morgan fingerprint density at radius 2 is 2.29 bits per heavy atom. The summed E-state index contributed by atoms with van der Waals surface area (Å²) in [6.45, 7) is 0. The largest absolute Gasteiger partial charge is 0.303 e. The zero-order valence-electron chi connectivity index (χ0n) is 8.44. The highest BCUT2D eigenvalue weighted by Gasteiger charge is 2.34. The van der Waals surface area contributed by atoms with E-state index in [0.29, 0.717) is 0 Å². The van der Waals surface area contributed by atoms with Crippen LogP contribution in [-0.2, 0) is 18.3 Å². The molecule has 1 aliphatic carbocycles. The van der Waals surface area contributed by atoms with Gasteiger partial charge in [0.05, 0.1) is 11.9 Å². The van der Waals surface area contributed by atoms with Crippen LogP contribution in [0.4, 0.5) is 0 Å². The van der Waals surface area contributed by atoms with Crippen LogP contribution in [-0.4, -0.2) is 21.3 Å². The van der Waals surface area contributed by atoms with E-state index >= 15 is 0 Å². The molecule has 0 aromatic carbocycles. The lowest BCUT2D eigenvalue weighted by molar-refractivity contribution is -0.116. The molecule has 1 aromatic heterocycles. The molecule has 0 amide bonds. The molecule has 0 saturated heterocycles. The van der Waals surface area contributed by atoms with Gasteiger partial charge in [0, 0.05) is 18.9 Å². The second-order valence-corrected chi connectivity index (χ2v) is 4.19. The Bertz CT molecular complexity index is 326. The average molecular weight is 193 g/mol. The van der Waals surface area contributed by atoms with E-state index in [1.54, 1.807) is 18.0 Å². The third-order valence-electron chi connectivity index (χ3n) is 3.03. The van der Waals surface area contributed by atoms with Crippen molar-refractivity contribution < 1.29 is 4.79 Å². The summed E-state index contributed by atoms with van der Waals surface area (Å²) in [7, 11) is 1.80. The molecule has 4 heteroatoms. The van der Waals surface area contributed by atoms with Crippen molar-refractivity contribution in [3.8, 4) is 0 Å². The second kappa shape index (κ2) is 3.52. The summed E-state index contributed by atoms with van der Waals surface area (Å²) in [5, 5.41) is 8.23. The maximum atomic E-state index is 11.1. The predicted octanol–water partition coefficient (Wildman–Crippen LogP) is 1.12. The molecule has 0 N–H and O–H groups in total. The molecule has 1 saturated carbocycles. The molecule has 0 spiro atoms. The number of carbonyl (C=O) groups is 1. The van der Waals surface area contributed by atoms with E-state index in [9.17, 15) is 4.79 Å². The monoisotopic (exact) mass is 193 g/mol.